The van der Waals surface area contributed by atoms with E-state index in [0.29, 0.717) is 18.7 Å². The maximum absolute atomic E-state index is 13.5. The minimum absolute atomic E-state index is 0.251. The molecule has 0 spiro atoms. The minimum atomic E-state index is -3.67. The Morgan fingerprint density at radius 3 is 2.19 bits per heavy atom. The van der Waals surface area contributed by atoms with Gasteiger partial charge in [0, 0.05) is 0 Å². The first-order valence-electron chi connectivity index (χ1n) is 5.43. The fraction of sp³-hybridized carbons (Fsp3) is 0.500. The topological polar surface area (TPSA) is 32.3 Å². The van der Waals surface area contributed by atoms with Gasteiger partial charge in [-0.2, -0.15) is 8.78 Å². The summed E-state index contributed by atoms with van der Waals surface area (Å²) in [4.78, 5) is 0. The van der Waals surface area contributed by atoms with E-state index in [4.69, 9.17) is 0 Å². The average Bonchev–Trinajstić information content (AvgIpc) is 2.30. The zero-order valence-corrected chi connectivity index (χ0v) is 8.92. The van der Waals surface area contributed by atoms with Gasteiger partial charge in [-0.25, -0.2) is 0 Å². The lowest BCUT2D eigenvalue weighted by atomic mass is 9.72. The first kappa shape index (κ1) is 11.5. The van der Waals surface area contributed by atoms with Gasteiger partial charge < -0.3 is 10.4 Å². The van der Waals surface area contributed by atoms with Gasteiger partial charge in [0.05, 0.1) is 5.41 Å². The largest absolute Gasteiger partial charge is 0.363 e. The Kier molecular flexibility index (Phi) is 2.95. The van der Waals surface area contributed by atoms with Crippen LogP contribution in [0.5, 0.6) is 0 Å². The number of hydrogen-bond acceptors (Lipinski definition) is 2. The van der Waals surface area contributed by atoms with E-state index in [1.165, 1.54) is 0 Å². The van der Waals surface area contributed by atoms with E-state index in [1.54, 1.807) is 30.3 Å². The predicted molar refractivity (Wildman–Crippen MR) is 57.4 cm³/mol. The molecule has 0 unspecified atom stereocenters. The molecule has 1 aliphatic rings. The Bertz CT molecular complexity index is 342. The van der Waals surface area contributed by atoms with E-state index in [9.17, 15) is 13.9 Å². The van der Waals surface area contributed by atoms with E-state index in [2.05, 4.69) is 5.32 Å². The summed E-state index contributed by atoms with van der Waals surface area (Å²) in [6.45, 7) is 1.01. The smallest absolute Gasteiger partial charge is 0.336 e. The second-order valence-corrected chi connectivity index (χ2v) is 4.24. The van der Waals surface area contributed by atoms with Crippen LogP contribution in [-0.4, -0.2) is 24.3 Å². The van der Waals surface area contributed by atoms with Crippen molar-refractivity contribution in [2.75, 3.05) is 13.1 Å². The lowest BCUT2D eigenvalue weighted by Gasteiger charge is -2.40. The van der Waals surface area contributed by atoms with Crippen LogP contribution < -0.4 is 5.32 Å². The number of halogens is 2. The highest BCUT2D eigenvalue weighted by Crippen LogP contribution is 2.44. The van der Waals surface area contributed by atoms with E-state index in [-0.39, 0.29) is 12.8 Å². The highest BCUT2D eigenvalue weighted by molar-refractivity contribution is 5.28. The van der Waals surface area contributed by atoms with Gasteiger partial charge in [0.1, 0.15) is 0 Å². The lowest BCUT2D eigenvalue weighted by Crippen LogP contribution is -2.51. The van der Waals surface area contributed by atoms with Crippen molar-refractivity contribution in [3.63, 3.8) is 0 Å². The van der Waals surface area contributed by atoms with Crippen molar-refractivity contribution in [2.45, 2.75) is 24.4 Å². The van der Waals surface area contributed by atoms with Crippen molar-refractivity contribution in [3.05, 3.63) is 35.9 Å². The first-order chi connectivity index (χ1) is 7.56. The zero-order valence-electron chi connectivity index (χ0n) is 8.92. The van der Waals surface area contributed by atoms with Gasteiger partial charge in [-0.05, 0) is 31.5 Å². The third kappa shape index (κ3) is 1.83. The minimum Gasteiger partial charge on any atom is -0.336 e. The van der Waals surface area contributed by atoms with Crippen LogP contribution in [0.2, 0.25) is 0 Å². The Morgan fingerprint density at radius 2 is 1.69 bits per heavy atom. The Morgan fingerprint density at radius 1 is 1.12 bits per heavy atom. The molecule has 2 N–H and O–H groups in total. The molecule has 0 radical (unpaired) electrons. The molecule has 2 nitrogen and oxygen atoms in total. The quantitative estimate of drug-likeness (QED) is 0.808. The number of alkyl halides is 2. The summed E-state index contributed by atoms with van der Waals surface area (Å²) in [5.41, 5.74) is -0.913. The van der Waals surface area contributed by atoms with Gasteiger partial charge in [-0.1, -0.05) is 30.3 Å². The summed E-state index contributed by atoms with van der Waals surface area (Å²) < 4.78 is 27.0. The van der Waals surface area contributed by atoms with Crippen molar-refractivity contribution in [2.24, 2.45) is 0 Å². The van der Waals surface area contributed by atoms with Crippen molar-refractivity contribution in [1.29, 1.82) is 0 Å². The third-order valence-corrected chi connectivity index (χ3v) is 3.36. The lowest BCUT2D eigenvalue weighted by molar-refractivity contribution is -0.256. The summed E-state index contributed by atoms with van der Waals surface area (Å²) in [5, 5.41) is 12.2. The monoisotopic (exact) mass is 227 g/mol. The number of benzene rings is 1. The molecule has 1 heterocycles. The average molecular weight is 227 g/mol. The number of hydrogen-bond donors (Lipinski definition) is 2. The van der Waals surface area contributed by atoms with Crippen molar-refractivity contribution >= 4 is 0 Å². The first-order valence-corrected chi connectivity index (χ1v) is 5.43. The molecular weight excluding hydrogens is 212 g/mol. The summed E-state index contributed by atoms with van der Waals surface area (Å²) in [7, 11) is 0. The van der Waals surface area contributed by atoms with Crippen LogP contribution in [0.4, 0.5) is 8.78 Å². The molecule has 1 aromatic rings. The molecular formula is C12H15F2NO. The van der Waals surface area contributed by atoms with Crippen LogP contribution in [0.25, 0.3) is 0 Å². The number of nitrogens with one attached hydrogen (secondary N) is 1. The Hall–Kier alpha value is -1.00. The molecule has 16 heavy (non-hydrogen) atoms. The zero-order chi connectivity index (χ0) is 11.6. The van der Waals surface area contributed by atoms with E-state index in [1.807, 2.05) is 0 Å². The van der Waals surface area contributed by atoms with Crippen LogP contribution in [0.1, 0.15) is 18.4 Å². The van der Waals surface area contributed by atoms with Gasteiger partial charge >= 0.3 is 6.11 Å². The third-order valence-electron chi connectivity index (χ3n) is 3.36. The van der Waals surface area contributed by atoms with Crippen molar-refractivity contribution in [3.8, 4) is 0 Å². The molecule has 1 fully saturated rings. The van der Waals surface area contributed by atoms with Crippen molar-refractivity contribution in [1.82, 2.24) is 5.32 Å². The molecule has 0 amide bonds. The SMILES string of the molecule is OC(F)(F)C1(c2ccccc2)CCNCC1. The second-order valence-electron chi connectivity index (χ2n) is 4.24. The maximum atomic E-state index is 13.5. The van der Waals surface area contributed by atoms with Gasteiger partial charge in [0.2, 0.25) is 0 Å². The standard InChI is InChI=1S/C12H15F2NO/c13-12(14,16)11(6-8-15-9-7-11)10-4-2-1-3-5-10/h1-5,15-16H,6-9H2. The van der Waals surface area contributed by atoms with Gasteiger partial charge in [-0.3, -0.25) is 0 Å². The summed E-state index contributed by atoms with van der Waals surface area (Å²) >= 11 is 0. The molecule has 0 bridgehead atoms. The molecule has 1 aromatic carbocycles. The maximum Gasteiger partial charge on any atom is 0.363 e. The van der Waals surface area contributed by atoms with Gasteiger partial charge in [0.15, 0.2) is 0 Å². The van der Waals surface area contributed by atoms with E-state index < -0.39 is 11.5 Å². The number of rotatable bonds is 2. The van der Waals surface area contributed by atoms with Crippen LogP contribution in [0, 0.1) is 0 Å². The van der Waals surface area contributed by atoms with E-state index >= 15 is 0 Å². The molecule has 88 valence electrons. The fourth-order valence-electron chi connectivity index (χ4n) is 2.37. The predicted octanol–water partition coefficient (Wildman–Crippen LogP) is 1.89. The van der Waals surface area contributed by atoms with Gasteiger partial charge in [-0.15, -0.1) is 0 Å². The van der Waals surface area contributed by atoms with Crippen LogP contribution >= 0.6 is 0 Å². The second kappa shape index (κ2) is 4.11. The highest BCUT2D eigenvalue weighted by Gasteiger charge is 2.53. The Balaban J connectivity index is 2.42. The van der Waals surface area contributed by atoms with E-state index in [0.717, 1.165) is 0 Å². The fourth-order valence-corrected chi connectivity index (χ4v) is 2.37. The molecule has 1 aliphatic heterocycles. The highest BCUT2D eigenvalue weighted by atomic mass is 19.3. The number of aliphatic hydroxyl groups is 1. The van der Waals surface area contributed by atoms with Crippen LogP contribution in [-0.2, 0) is 5.41 Å². The van der Waals surface area contributed by atoms with Gasteiger partial charge in [0.25, 0.3) is 0 Å². The molecule has 0 atom stereocenters. The normalized spacial score (nSPS) is 20.7. The molecule has 0 aliphatic carbocycles. The molecule has 2 rings (SSSR count). The molecule has 1 saturated heterocycles. The van der Waals surface area contributed by atoms with Crippen molar-refractivity contribution < 1.29 is 13.9 Å². The molecule has 0 aromatic heterocycles. The molecule has 4 heteroatoms. The van der Waals surface area contributed by atoms with Crippen LogP contribution in [0.3, 0.4) is 0 Å². The summed E-state index contributed by atoms with van der Waals surface area (Å²) in [6.07, 6.45) is -3.17. The summed E-state index contributed by atoms with van der Waals surface area (Å²) in [5.74, 6) is 0. The number of piperidine rings is 1. The molecule has 0 saturated carbocycles. The summed E-state index contributed by atoms with van der Waals surface area (Å²) in [6, 6.07) is 8.56. The Labute approximate surface area is 93.3 Å². The van der Waals surface area contributed by atoms with Crippen LogP contribution in [0.15, 0.2) is 30.3 Å².